The average Bonchev–Trinajstić information content (AvgIpc) is 2.44. The maximum absolute atomic E-state index is 11.8. The highest BCUT2D eigenvalue weighted by atomic mass is 32.1. The van der Waals surface area contributed by atoms with Crippen molar-refractivity contribution < 1.29 is 9.53 Å². The van der Waals surface area contributed by atoms with E-state index in [2.05, 4.69) is 5.32 Å². The van der Waals surface area contributed by atoms with Crippen molar-refractivity contribution in [2.24, 2.45) is 5.73 Å². The van der Waals surface area contributed by atoms with Gasteiger partial charge in [-0.2, -0.15) is 0 Å². The Kier molecular flexibility index (Phi) is 3.94. The van der Waals surface area contributed by atoms with Crippen molar-refractivity contribution in [3.8, 4) is 5.75 Å². The molecule has 2 rings (SSSR count). The first-order valence-corrected chi connectivity index (χ1v) is 6.55. The lowest BCUT2D eigenvalue weighted by molar-refractivity contribution is -0.115. The number of allylic oxidation sites excluding steroid dienone is 1. The Morgan fingerprint density at radius 1 is 1.40 bits per heavy atom. The lowest BCUT2D eigenvalue weighted by Crippen LogP contribution is -2.46. The number of nitrogens with zero attached hydrogens (tertiary/aromatic N) is 1. The van der Waals surface area contributed by atoms with E-state index in [0.717, 1.165) is 17.0 Å². The van der Waals surface area contributed by atoms with Crippen LogP contribution in [0.2, 0.25) is 0 Å². The van der Waals surface area contributed by atoms with Crippen LogP contribution in [0.4, 0.5) is 0 Å². The quantitative estimate of drug-likeness (QED) is 0.822. The van der Waals surface area contributed by atoms with Crippen molar-refractivity contribution in [3.63, 3.8) is 0 Å². The molecule has 1 aliphatic rings. The first-order chi connectivity index (χ1) is 9.45. The van der Waals surface area contributed by atoms with Gasteiger partial charge in [0.1, 0.15) is 5.75 Å². The number of nitrogens with two attached hydrogens (primary N) is 1. The molecule has 0 saturated heterocycles. The molecule has 0 saturated carbocycles. The van der Waals surface area contributed by atoms with Crippen LogP contribution in [-0.4, -0.2) is 30.1 Å². The normalized spacial score (nSPS) is 18.9. The smallest absolute Gasteiger partial charge is 0.248 e. The second-order valence-corrected chi connectivity index (χ2v) is 4.96. The van der Waals surface area contributed by atoms with E-state index in [9.17, 15) is 4.79 Å². The number of thiocarbonyl (C=S) groups is 1. The zero-order valence-corrected chi connectivity index (χ0v) is 12.5. The highest BCUT2D eigenvalue weighted by Gasteiger charge is 2.31. The third-order valence-corrected chi connectivity index (χ3v) is 3.86. The summed E-state index contributed by atoms with van der Waals surface area (Å²) in [5.41, 5.74) is 7.71. The molecule has 5 nitrogen and oxygen atoms in total. The van der Waals surface area contributed by atoms with Crippen molar-refractivity contribution in [1.29, 1.82) is 0 Å². The van der Waals surface area contributed by atoms with Crippen molar-refractivity contribution in [2.45, 2.75) is 13.0 Å². The van der Waals surface area contributed by atoms with Crippen LogP contribution in [0.25, 0.3) is 0 Å². The zero-order chi connectivity index (χ0) is 14.9. The minimum Gasteiger partial charge on any atom is -0.497 e. The van der Waals surface area contributed by atoms with Gasteiger partial charge < -0.3 is 20.7 Å². The Hall–Kier alpha value is -2.08. The van der Waals surface area contributed by atoms with Crippen molar-refractivity contribution >= 4 is 23.2 Å². The van der Waals surface area contributed by atoms with Gasteiger partial charge in [0.2, 0.25) is 5.91 Å². The minimum atomic E-state index is -0.454. The Morgan fingerprint density at radius 2 is 2.00 bits per heavy atom. The maximum Gasteiger partial charge on any atom is 0.248 e. The number of carbonyl (C=O) groups is 1. The van der Waals surface area contributed by atoms with E-state index >= 15 is 0 Å². The Balaban J connectivity index is 2.47. The van der Waals surface area contributed by atoms with Crippen molar-refractivity contribution in [3.05, 3.63) is 41.1 Å². The van der Waals surface area contributed by atoms with Crippen LogP contribution in [-0.2, 0) is 4.79 Å². The summed E-state index contributed by atoms with van der Waals surface area (Å²) in [4.78, 5) is 13.5. The largest absolute Gasteiger partial charge is 0.497 e. The van der Waals surface area contributed by atoms with E-state index in [1.807, 2.05) is 31.2 Å². The molecule has 1 aromatic rings. The van der Waals surface area contributed by atoms with Crippen LogP contribution in [0.5, 0.6) is 5.75 Å². The second kappa shape index (κ2) is 5.50. The van der Waals surface area contributed by atoms with E-state index in [-0.39, 0.29) is 6.04 Å². The standard InChI is InChI=1S/C14H17N3O2S/c1-8-11(13(15)18)12(16-14(20)17(8)2)9-4-6-10(19-3)7-5-9/h4-7,12H,1-3H3,(H2,15,18)(H,16,20)/t12-/m1/s1. The molecule has 0 aliphatic carbocycles. The number of hydrogen-bond acceptors (Lipinski definition) is 3. The van der Waals surface area contributed by atoms with E-state index in [0.29, 0.717) is 10.7 Å². The molecule has 106 valence electrons. The van der Waals surface area contributed by atoms with Gasteiger partial charge in [0, 0.05) is 12.7 Å². The summed E-state index contributed by atoms with van der Waals surface area (Å²) in [6.07, 6.45) is 0. The van der Waals surface area contributed by atoms with Crippen LogP contribution in [0.3, 0.4) is 0 Å². The van der Waals surface area contributed by atoms with Crippen LogP contribution >= 0.6 is 12.2 Å². The predicted molar refractivity (Wildman–Crippen MR) is 81.1 cm³/mol. The number of amides is 1. The lowest BCUT2D eigenvalue weighted by atomic mass is 9.94. The fourth-order valence-electron chi connectivity index (χ4n) is 2.20. The summed E-state index contributed by atoms with van der Waals surface area (Å²) in [6.45, 7) is 1.84. The molecule has 6 heteroatoms. The van der Waals surface area contributed by atoms with Crippen LogP contribution in [0, 0.1) is 0 Å². The van der Waals surface area contributed by atoms with Gasteiger partial charge in [-0.3, -0.25) is 4.79 Å². The molecule has 1 amide bonds. The molecule has 1 aromatic carbocycles. The Bertz CT molecular complexity index is 581. The third-order valence-electron chi connectivity index (χ3n) is 3.47. The summed E-state index contributed by atoms with van der Waals surface area (Å²) in [5, 5.41) is 3.70. The number of primary amides is 1. The molecule has 0 radical (unpaired) electrons. The van der Waals surface area contributed by atoms with Gasteiger partial charge in [0.15, 0.2) is 5.11 Å². The van der Waals surface area contributed by atoms with Crippen LogP contribution < -0.4 is 15.8 Å². The SMILES string of the molecule is COc1ccc([C@H]2NC(=S)N(C)C(C)=C2C(N)=O)cc1. The van der Waals surface area contributed by atoms with Gasteiger partial charge in [-0.15, -0.1) is 0 Å². The molecular weight excluding hydrogens is 274 g/mol. The Morgan fingerprint density at radius 3 is 2.50 bits per heavy atom. The lowest BCUT2D eigenvalue weighted by Gasteiger charge is -2.35. The van der Waals surface area contributed by atoms with Gasteiger partial charge in [0.05, 0.1) is 18.7 Å². The fourth-order valence-corrected chi connectivity index (χ4v) is 2.46. The van der Waals surface area contributed by atoms with Crippen molar-refractivity contribution in [1.82, 2.24) is 10.2 Å². The second-order valence-electron chi connectivity index (χ2n) is 4.58. The number of benzene rings is 1. The van der Waals surface area contributed by atoms with Crippen LogP contribution in [0.1, 0.15) is 18.5 Å². The molecule has 0 aromatic heterocycles. The summed E-state index contributed by atoms with van der Waals surface area (Å²) in [7, 11) is 3.41. The van der Waals surface area contributed by atoms with Crippen molar-refractivity contribution in [2.75, 3.05) is 14.2 Å². The number of ether oxygens (including phenoxy) is 1. The molecule has 0 unspecified atom stereocenters. The number of rotatable bonds is 3. The van der Waals surface area contributed by atoms with Gasteiger partial charge in [-0.25, -0.2) is 0 Å². The predicted octanol–water partition coefficient (Wildman–Crippen LogP) is 1.32. The topological polar surface area (TPSA) is 67.6 Å². The van der Waals surface area contributed by atoms with Gasteiger partial charge in [-0.05, 0) is 36.8 Å². The Labute approximate surface area is 123 Å². The van der Waals surface area contributed by atoms with Gasteiger partial charge in [0.25, 0.3) is 0 Å². The van der Waals surface area contributed by atoms with E-state index in [4.69, 9.17) is 22.7 Å². The van der Waals surface area contributed by atoms with E-state index < -0.39 is 5.91 Å². The number of methoxy groups -OCH3 is 1. The highest BCUT2D eigenvalue weighted by molar-refractivity contribution is 7.80. The fraction of sp³-hybridized carbons (Fsp3) is 0.286. The summed E-state index contributed by atoms with van der Waals surface area (Å²) in [5.74, 6) is 0.302. The molecule has 0 spiro atoms. The number of carbonyl (C=O) groups excluding carboxylic acids is 1. The van der Waals surface area contributed by atoms with E-state index in [1.165, 1.54) is 0 Å². The summed E-state index contributed by atoms with van der Waals surface area (Å²) < 4.78 is 5.13. The summed E-state index contributed by atoms with van der Waals surface area (Å²) >= 11 is 5.27. The van der Waals surface area contributed by atoms with Gasteiger partial charge >= 0.3 is 0 Å². The first kappa shape index (κ1) is 14.3. The minimum absolute atomic E-state index is 0.331. The molecule has 1 atom stereocenters. The molecule has 0 bridgehead atoms. The third kappa shape index (κ3) is 2.46. The number of hydrogen-bond donors (Lipinski definition) is 2. The van der Waals surface area contributed by atoms with Gasteiger partial charge in [-0.1, -0.05) is 12.1 Å². The van der Waals surface area contributed by atoms with Crippen LogP contribution in [0.15, 0.2) is 35.5 Å². The molecule has 1 heterocycles. The highest BCUT2D eigenvalue weighted by Crippen LogP contribution is 2.30. The first-order valence-electron chi connectivity index (χ1n) is 6.14. The molecule has 3 N–H and O–H groups in total. The average molecular weight is 291 g/mol. The van der Waals surface area contributed by atoms with E-state index in [1.54, 1.807) is 19.1 Å². The molecule has 20 heavy (non-hydrogen) atoms. The molecule has 0 fully saturated rings. The monoisotopic (exact) mass is 291 g/mol. The number of nitrogens with one attached hydrogen (secondary N) is 1. The molecular formula is C14H17N3O2S. The maximum atomic E-state index is 11.8. The molecule has 1 aliphatic heterocycles. The zero-order valence-electron chi connectivity index (χ0n) is 11.6. The summed E-state index contributed by atoms with van der Waals surface area (Å²) in [6, 6.07) is 7.13.